The fourth-order valence-electron chi connectivity index (χ4n) is 3.07. The molecule has 190 valence electrons. The Labute approximate surface area is 211 Å². The smallest absolute Gasteiger partial charge is 0.191 e. The summed E-state index contributed by atoms with van der Waals surface area (Å²) in [5.74, 6) is 1.15. The minimum atomic E-state index is -0.518. The van der Waals surface area contributed by atoms with Gasteiger partial charge in [0, 0.05) is 28.3 Å². The van der Waals surface area contributed by atoms with Crippen molar-refractivity contribution in [3.63, 3.8) is 0 Å². The van der Waals surface area contributed by atoms with Crippen molar-refractivity contribution in [1.82, 2.24) is 15.0 Å². The zero-order valence-electron chi connectivity index (χ0n) is 19.5. The average molecular weight is 526 g/mol. The number of nitrogen functional groups attached to an aromatic ring is 2. The predicted octanol–water partition coefficient (Wildman–Crippen LogP) is 4.53. The summed E-state index contributed by atoms with van der Waals surface area (Å²) in [6, 6.07) is 6.04. The number of benzene rings is 1. The molecule has 0 fully saturated rings. The highest BCUT2D eigenvalue weighted by atomic mass is 32.2. The van der Waals surface area contributed by atoms with E-state index in [-0.39, 0.29) is 13.2 Å². The minimum absolute atomic E-state index is 0.0619. The molecule has 0 aliphatic rings. The van der Waals surface area contributed by atoms with E-state index < -0.39 is 12.5 Å². The molecular formula is C23H29F2N5O3S2. The number of halogens is 2. The van der Waals surface area contributed by atoms with Gasteiger partial charge in [0.2, 0.25) is 0 Å². The first kappa shape index (κ1) is 27.1. The zero-order valence-corrected chi connectivity index (χ0v) is 21.1. The molecule has 35 heavy (non-hydrogen) atoms. The topological polar surface area (TPSA) is 118 Å². The number of anilines is 2. The van der Waals surface area contributed by atoms with Gasteiger partial charge in [-0.15, -0.1) is 11.3 Å². The second-order valence-corrected chi connectivity index (χ2v) is 9.39. The van der Waals surface area contributed by atoms with Crippen molar-refractivity contribution in [2.45, 2.75) is 30.7 Å². The molecular weight excluding hydrogens is 496 g/mol. The van der Waals surface area contributed by atoms with Crippen LogP contribution in [-0.2, 0) is 21.6 Å². The van der Waals surface area contributed by atoms with Gasteiger partial charge in [-0.1, -0.05) is 25.1 Å². The summed E-state index contributed by atoms with van der Waals surface area (Å²) < 4.78 is 42.3. The molecule has 2 heterocycles. The Morgan fingerprint density at radius 2 is 1.66 bits per heavy atom. The van der Waals surface area contributed by atoms with Crippen molar-refractivity contribution in [2.75, 3.05) is 51.2 Å². The SMILES string of the molecule is CCCc1sc(-c2cc(F)cc(OCCOCCOCCF)c2)nc1CSc1nc(N)cc(N)n1. The lowest BCUT2D eigenvalue weighted by molar-refractivity contribution is 0.0325. The van der Waals surface area contributed by atoms with Crippen molar-refractivity contribution < 1.29 is 23.0 Å². The van der Waals surface area contributed by atoms with E-state index in [9.17, 15) is 8.78 Å². The van der Waals surface area contributed by atoms with Crippen molar-refractivity contribution in [2.24, 2.45) is 0 Å². The van der Waals surface area contributed by atoms with E-state index in [1.54, 1.807) is 6.07 Å². The Bertz CT molecular complexity index is 1070. The highest BCUT2D eigenvalue weighted by Gasteiger charge is 2.15. The number of aryl methyl sites for hydroxylation is 1. The molecule has 8 nitrogen and oxygen atoms in total. The van der Waals surface area contributed by atoms with Crippen molar-refractivity contribution in [3.8, 4) is 16.3 Å². The summed E-state index contributed by atoms with van der Waals surface area (Å²) >= 11 is 2.94. The molecule has 4 N–H and O–H groups in total. The molecule has 0 atom stereocenters. The molecule has 0 radical (unpaired) electrons. The fraction of sp³-hybridized carbons (Fsp3) is 0.435. The lowest BCUT2D eigenvalue weighted by atomic mass is 10.2. The number of rotatable bonds is 15. The molecule has 2 aromatic heterocycles. The third-order valence-electron chi connectivity index (χ3n) is 4.55. The number of nitrogens with two attached hydrogens (primary N) is 2. The highest BCUT2D eigenvalue weighted by Crippen LogP contribution is 2.34. The molecule has 0 unspecified atom stereocenters. The first-order valence-electron chi connectivity index (χ1n) is 11.1. The fourth-order valence-corrected chi connectivity index (χ4v) is 5.17. The summed E-state index contributed by atoms with van der Waals surface area (Å²) in [5, 5.41) is 1.19. The summed E-state index contributed by atoms with van der Waals surface area (Å²) in [5.41, 5.74) is 13.1. The molecule has 1 aromatic carbocycles. The minimum Gasteiger partial charge on any atom is -0.491 e. The molecule has 0 saturated carbocycles. The third kappa shape index (κ3) is 8.88. The molecule has 0 saturated heterocycles. The highest BCUT2D eigenvalue weighted by molar-refractivity contribution is 7.98. The second kappa shape index (κ2) is 14.1. The van der Waals surface area contributed by atoms with Crippen LogP contribution in [0.1, 0.15) is 23.9 Å². The number of ether oxygens (including phenoxy) is 3. The van der Waals surface area contributed by atoms with Gasteiger partial charge in [0.05, 0.1) is 32.1 Å². The van der Waals surface area contributed by atoms with Gasteiger partial charge < -0.3 is 25.7 Å². The molecule has 12 heteroatoms. The van der Waals surface area contributed by atoms with Gasteiger partial charge in [-0.2, -0.15) is 0 Å². The van der Waals surface area contributed by atoms with Crippen molar-refractivity contribution in [3.05, 3.63) is 40.7 Å². The Hall–Kier alpha value is -2.54. The van der Waals surface area contributed by atoms with E-state index in [0.717, 1.165) is 23.4 Å². The van der Waals surface area contributed by atoms with Gasteiger partial charge in [-0.05, 0) is 18.6 Å². The van der Waals surface area contributed by atoms with Crippen LogP contribution in [0.4, 0.5) is 20.4 Å². The van der Waals surface area contributed by atoms with E-state index in [1.165, 1.54) is 41.3 Å². The monoisotopic (exact) mass is 525 g/mol. The maximum atomic E-state index is 14.3. The maximum absolute atomic E-state index is 14.3. The number of hydrogen-bond acceptors (Lipinski definition) is 10. The lowest BCUT2D eigenvalue weighted by Crippen LogP contribution is -2.11. The van der Waals surface area contributed by atoms with Crippen LogP contribution >= 0.6 is 23.1 Å². The van der Waals surface area contributed by atoms with Gasteiger partial charge in [0.15, 0.2) is 5.16 Å². The Kier molecular flexibility index (Phi) is 10.9. The third-order valence-corrected chi connectivity index (χ3v) is 6.61. The summed E-state index contributed by atoms with van der Waals surface area (Å²) in [6.45, 7) is 2.85. The first-order valence-corrected chi connectivity index (χ1v) is 12.9. The largest absolute Gasteiger partial charge is 0.491 e. The summed E-state index contributed by atoms with van der Waals surface area (Å²) in [6.07, 6.45) is 1.82. The van der Waals surface area contributed by atoms with Crippen LogP contribution in [0.15, 0.2) is 29.4 Å². The van der Waals surface area contributed by atoms with Crippen LogP contribution in [0, 0.1) is 5.82 Å². The quantitative estimate of drug-likeness (QED) is 0.168. The van der Waals surface area contributed by atoms with Crippen LogP contribution in [0.2, 0.25) is 0 Å². The number of alkyl halides is 1. The summed E-state index contributed by atoms with van der Waals surface area (Å²) in [7, 11) is 0. The first-order chi connectivity index (χ1) is 17.0. The number of hydrogen-bond donors (Lipinski definition) is 2. The van der Waals surface area contributed by atoms with Crippen LogP contribution in [-0.4, -0.2) is 54.7 Å². The molecule has 0 aliphatic carbocycles. The van der Waals surface area contributed by atoms with Gasteiger partial charge in [0.25, 0.3) is 0 Å². The van der Waals surface area contributed by atoms with Gasteiger partial charge in [0.1, 0.15) is 41.5 Å². The number of thioether (sulfide) groups is 1. The number of thiazole rings is 1. The number of nitrogens with zero attached hydrogens (tertiary/aromatic N) is 3. The van der Waals surface area contributed by atoms with E-state index in [1.807, 2.05) is 0 Å². The molecule has 0 amide bonds. The van der Waals surface area contributed by atoms with Crippen LogP contribution in [0.5, 0.6) is 5.75 Å². The molecule has 0 spiro atoms. The maximum Gasteiger partial charge on any atom is 0.191 e. The summed E-state index contributed by atoms with van der Waals surface area (Å²) in [4.78, 5) is 14.3. The molecule has 3 rings (SSSR count). The van der Waals surface area contributed by atoms with Crippen LogP contribution in [0.25, 0.3) is 10.6 Å². The van der Waals surface area contributed by atoms with Crippen molar-refractivity contribution in [1.29, 1.82) is 0 Å². The van der Waals surface area contributed by atoms with E-state index in [0.29, 0.717) is 58.7 Å². The molecule has 0 bridgehead atoms. The number of aromatic nitrogens is 3. The zero-order chi connectivity index (χ0) is 25.0. The van der Waals surface area contributed by atoms with Gasteiger partial charge >= 0.3 is 0 Å². The van der Waals surface area contributed by atoms with Gasteiger partial charge in [-0.25, -0.2) is 23.7 Å². The second-order valence-electron chi connectivity index (χ2n) is 7.37. The Morgan fingerprint density at radius 3 is 2.37 bits per heavy atom. The normalized spacial score (nSPS) is 11.2. The van der Waals surface area contributed by atoms with Crippen molar-refractivity contribution >= 4 is 34.7 Å². The lowest BCUT2D eigenvalue weighted by Gasteiger charge is -2.09. The Balaban J connectivity index is 1.64. The van der Waals surface area contributed by atoms with Gasteiger partial charge in [-0.3, -0.25) is 0 Å². The standard InChI is InChI=1S/C23H29F2N5O3S2/c1-2-3-19-18(14-34-23-29-20(26)13-21(27)30-23)28-22(35-19)15-10-16(25)12-17(11-15)33-9-8-32-7-6-31-5-4-24/h10-13H,2-9,14H2,1H3,(H4,26,27,29,30). The average Bonchev–Trinajstić information content (AvgIpc) is 3.22. The Morgan fingerprint density at radius 1 is 0.943 bits per heavy atom. The van der Waals surface area contributed by atoms with E-state index in [4.69, 9.17) is 30.7 Å². The van der Waals surface area contributed by atoms with E-state index in [2.05, 4.69) is 16.9 Å². The molecule has 0 aliphatic heterocycles. The molecule has 3 aromatic rings. The van der Waals surface area contributed by atoms with Crippen LogP contribution < -0.4 is 16.2 Å². The predicted molar refractivity (Wildman–Crippen MR) is 135 cm³/mol. The van der Waals surface area contributed by atoms with Crippen LogP contribution in [0.3, 0.4) is 0 Å². The van der Waals surface area contributed by atoms with E-state index >= 15 is 0 Å².